The van der Waals surface area contributed by atoms with Crippen LogP contribution in [0.5, 0.6) is 11.5 Å². The average Bonchev–Trinajstić information content (AvgIpc) is 3.15. The van der Waals surface area contributed by atoms with E-state index in [1.165, 1.54) is 76.9 Å². The van der Waals surface area contributed by atoms with Crippen molar-refractivity contribution in [2.45, 2.75) is 92.3 Å². The summed E-state index contributed by atoms with van der Waals surface area (Å²) in [4.78, 5) is 0. The van der Waals surface area contributed by atoms with E-state index in [-0.39, 0.29) is 11.5 Å². The Morgan fingerprint density at radius 3 is 1.19 bits per heavy atom. The number of benzene rings is 6. The van der Waals surface area contributed by atoms with Crippen molar-refractivity contribution in [3.8, 4) is 56.0 Å². The van der Waals surface area contributed by atoms with Gasteiger partial charge in [-0.15, -0.1) is 26.3 Å². The van der Waals surface area contributed by atoms with Gasteiger partial charge in [-0.1, -0.05) is 110 Å². The number of ether oxygens (including phenoxy) is 2. The number of halogens is 6. The van der Waals surface area contributed by atoms with Crippen molar-refractivity contribution in [2.75, 3.05) is 0 Å². The molecule has 0 N–H and O–H groups in total. The third-order valence-electron chi connectivity index (χ3n) is 10.8. The summed E-state index contributed by atoms with van der Waals surface area (Å²) in [5.41, 5.74) is 16.9. The molecule has 0 heterocycles. The number of hydrogen-bond acceptors (Lipinski definition) is 2. The highest BCUT2D eigenvalue weighted by molar-refractivity contribution is 5.76. The fraction of sp³-hybridized carbons (Fsp3) is 0.280. The highest BCUT2D eigenvalue weighted by atomic mass is 19.4. The largest absolute Gasteiger partial charge is 0.573 e. The SMILES string of the molecule is Cc1cc(-c2ccc(-c3ccc(OC(F)(F)F)cc3)cc2C)ccc1CCCCCCCc1c(C)cc(-c2ccc(-c3ccc(OC(F)(F)F)cc3)cc2C)cc1C. The van der Waals surface area contributed by atoms with E-state index in [1.54, 1.807) is 24.3 Å². The molecule has 0 amide bonds. The Morgan fingerprint density at radius 1 is 0.362 bits per heavy atom. The highest BCUT2D eigenvalue weighted by Crippen LogP contribution is 2.34. The summed E-state index contributed by atoms with van der Waals surface area (Å²) in [6, 6.07) is 35.4. The van der Waals surface area contributed by atoms with E-state index in [1.807, 2.05) is 12.1 Å². The molecule has 0 aliphatic rings. The zero-order valence-electron chi connectivity index (χ0n) is 33.5. The molecule has 0 spiro atoms. The third kappa shape index (κ3) is 11.1. The van der Waals surface area contributed by atoms with Crippen LogP contribution < -0.4 is 9.47 Å². The minimum atomic E-state index is -4.71. The first-order valence-electron chi connectivity index (χ1n) is 19.7. The summed E-state index contributed by atoms with van der Waals surface area (Å²) in [6.07, 6.45) is -1.48. The number of alkyl halides is 6. The summed E-state index contributed by atoms with van der Waals surface area (Å²) in [6.45, 7) is 10.7. The van der Waals surface area contributed by atoms with Gasteiger partial charge >= 0.3 is 12.7 Å². The van der Waals surface area contributed by atoms with Crippen LogP contribution in [0.15, 0.2) is 115 Å². The Kier molecular flexibility index (Phi) is 13.0. The minimum absolute atomic E-state index is 0.235. The van der Waals surface area contributed by atoms with E-state index in [2.05, 4.69) is 98.7 Å². The molecule has 0 aromatic heterocycles. The Bertz CT molecular complexity index is 2320. The first-order chi connectivity index (χ1) is 27.5. The fourth-order valence-electron chi connectivity index (χ4n) is 7.87. The Hall–Kier alpha value is -5.50. The van der Waals surface area contributed by atoms with Gasteiger partial charge in [-0.25, -0.2) is 0 Å². The second kappa shape index (κ2) is 18.0. The molecule has 0 saturated heterocycles. The maximum Gasteiger partial charge on any atom is 0.573 e. The normalized spacial score (nSPS) is 11.8. The van der Waals surface area contributed by atoms with Crippen molar-refractivity contribution in [2.24, 2.45) is 0 Å². The van der Waals surface area contributed by atoms with Crippen LogP contribution in [0, 0.1) is 34.6 Å². The summed E-state index contributed by atoms with van der Waals surface area (Å²) < 4.78 is 83.3. The molecule has 302 valence electrons. The lowest BCUT2D eigenvalue weighted by Crippen LogP contribution is -2.16. The zero-order valence-corrected chi connectivity index (χ0v) is 33.5. The first-order valence-corrected chi connectivity index (χ1v) is 19.7. The van der Waals surface area contributed by atoms with Crippen molar-refractivity contribution in [1.29, 1.82) is 0 Å². The van der Waals surface area contributed by atoms with Crippen LogP contribution in [0.3, 0.4) is 0 Å². The molecule has 0 aliphatic heterocycles. The fourth-order valence-corrected chi connectivity index (χ4v) is 7.87. The molecule has 6 aromatic carbocycles. The zero-order chi connectivity index (χ0) is 41.6. The predicted molar refractivity (Wildman–Crippen MR) is 222 cm³/mol. The van der Waals surface area contributed by atoms with Gasteiger partial charge in [-0.3, -0.25) is 0 Å². The van der Waals surface area contributed by atoms with Crippen molar-refractivity contribution >= 4 is 0 Å². The number of unbranched alkanes of at least 4 members (excludes halogenated alkanes) is 4. The van der Waals surface area contributed by atoms with Crippen LogP contribution in [0.4, 0.5) is 26.3 Å². The molecular formula is C50H48F6O2. The molecular weight excluding hydrogens is 747 g/mol. The molecule has 0 radical (unpaired) electrons. The molecule has 2 nitrogen and oxygen atoms in total. The molecule has 0 bridgehead atoms. The molecule has 58 heavy (non-hydrogen) atoms. The van der Waals surface area contributed by atoms with Gasteiger partial charge in [0.1, 0.15) is 11.5 Å². The molecule has 0 aliphatic carbocycles. The van der Waals surface area contributed by atoms with Gasteiger partial charge in [-0.2, -0.15) is 0 Å². The Balaban J connectivity index is 0.961. The van der Waals surface area contributed by atoms with Gasteiger partial charge in [0.25, 0.3) is 0 Å². The van der Waals surface area contributed by atoms with E-state index in [9.17, 15) is 26.3 Å². The maximum absolute atomic E-state index is 12.6. The standard InChI is InChI=1S/C50H48F6O2/c1-32-27-42(47-25-19-40(28-35(47)4)38-15-21-44(22-16-38)57-49(51,52)53)14-13-37(32)11-9-7-6-8-10-12-46-33(2)30-43(31-34(46)3)48-26-20-41(29-36(48)5)39-17-23-45(24-18-39)58-50(54,55)56/h13-31H,6-12H2,1-5H3. The summed E-state index contributed by atoms with van der Waals surface area (Å²) in [7, 11) is 0. The van der Waals surface area contributed by atoms with Crippen molar-refractivity contribution in [3.05, 3.63) is 154 Å². The van der Waals surface area contributed by atoms with E-state index in [0.29, 0.717) is 0 Å². The Labute approximate surface area is 337 Å². The van der Waals surface area contributed by atoms with Gasteiger partial charge in [0.2, 0.25) is 0 Å². The van der Waals surface area contributed by atoms with Crippen LogP contribution in [-0.4, -0.2) is 12.7 Å². The van der Waals surface area contributed by atoms with E-state index in [4.69, 9.17) is 0 Å². The van der Waals surface area contributed by atoms with Crippen molar-refractivity contribution in [1.82, 2.24) is 0 Å². The number of rotatable bonds is 14. The molecule has 8 heteroatoms. The van der Waals surface area contributed by atoms with Crippen molar-refractivity contribution < 1.29 is 35.8 Å². The second-order valence-corrected chi connectivity index (χ2v) is 15.2. The van der Waals surface area contributed by atoms with Gasteiger partial charge in [-0.05, 0) is 168 Å². The maximum atomic E-state index is 12.6. The second-order valence-electron chi connectivity index (χ2n) is 15.2. The molecule has 0 atom stereocenters. The smallest absolute Gasteiger partial charge is 0.406 e. The number of aryl methyl sites for hydroxylation is 6. The van der Waals surface area contributed by atoms with Crippen LogP contribution in [0.1, 0.15) is 71.0 Å². The van der Waals surface area contributed by atoms with Gasteiger partial charge in [0.05, 0.1) is 0 Å². The van der Waals surface area contributed by atoms with Gasteiger partial charge < -0.3 is 9.47 Å². The molecule has 0 saturated carbocycles. The molecule has 6 rings (SSSR count). The van der Waals surface area contributed by atoms with Crippen LogP contribution in [0.2, 0.25) is 0 Å². The summed E-state index contributed by atoms with van der Waals surface area (Å²) >= 11 is 0. The van der Waals surface area contributed by atoms with Crippen LogP contribution in [-0.2, 0) is 12.8 Å². The molecule has 0 unspecified atom stereocenters. The van der Waals surface area contributed by atoms with E-state index in [0.717, 1.165) is 75.8 Å². The quantitative estimate of drug-likeness (QED) is 0.0808. The van der Waals surface area contributed by atoms with E-state index < -0.39 is 12.7 Å². The third-order valence-corrected chi connectivity index (χ3v) is 10.8. The predicted octanol–water partition coefficient (Wildman–Crippen LogP) is 15.4. The number of hydrogen-bond donors (Lipinski definition) is 0. The molecule has 6 aromatic rings. The average molecular weight is 795 g/mol. The highest BCUT2D eigenvalue weighted by Gasteiger charge is 2.31. The summed E-state index contributed by atoms with van der Waals surface area (Å²) in [5, 5.41) is 0. The lowest BCUT2D eigenvalue weighted by atomic mass is 9.90. The lowest BCUT2D eigenvalue weighted by molar-refractivity contribution is -0.275. The van der Waals surface area contributed by atoms with Crippen molar-refractivity contribution in [3.63, 3.8) is 0 Å². The summed E-state index contributed by atoms with van der Waals surface area (Å²) in [5.74, 6) is -0.470. The molecule has 0 fully saturated rings. The Morgan fingerprint density at radius 2 is 0.741 bits per heavy atom. The van der Waals surface area contributed by atoms with Crippen LogP contribution >= 0.6 is 0 Å². The monoisotopic (exact) mass is 794 g/mol. The lowest BCUT2D eigenvalue weighted by Gasteiger charge is -2.15. The first kappa shape index (κ1) is 42.1. The van der Waals surface area contributed by atoms with Crippen LogP contribution in [0.25, 0.3) is 44.5 Å². The van der Waals surface area contributed by atoms with E-state index >= 15 is 0 Å². The van der Waals surface area contributed by atoms with Gasteiger partial charge in [0.15, 0.2) is 0 Å². The minimum Gasteiger partial charge on any atom is -0.406 e. The topological polar surface area (TPSA) is 18.5 Å². The van der Waals surface area contributed by atoms with Gasteiger partial charge in [0, 0.05) is 0 Å².